The second kappa shape index (κ2) is 10.7. The van der Waals surface area contributed by atoms with Crippen molar-refractivity contribution in [1.82, 2.24) is 9.80 Å². The molecule has 0 atom stereocenters. The van der Waals surface area contributed by atoms with Crippen molar-refractivity contribution >= 4 is 33.4 Å². The SMILES string of the molecule is COC(=O)N(CCN1CCCC1)Cc1cc(CN(C)c2ccccc2N)ccc1Br. The second-order valence-electron chi connectivity index (χ2n) is 7.78. The number of carbonyl (C=O) groups is 1. The summed E-state index contributed by atoms with van der Waals surface area (Å²) in [6.45, 7) is 4.99. The van der Waals surface area contributed by atoms with Crippen LogP contribution in [0.5, 0.6) is 0 Å². The predicted molar refractivity (Wildman–Crippen MR) is 126 cm³/mol. The zero-order chi connectivity index (χ0) is 21.5. The van der Waals surface area contributed by atoms with Gasteiger partial charge in [-0.05, 0) is 55.3 Å². The summed E-state index contributed by atoms with van der Waals surface area (Å²) in [7, 11) is 3.47. The number of halogens is 1. The molecule has 1 saturated heterocycles. The van der Waals surface area contributed by atoms with Crippen LogP contribution >= 0.6 is 15.9 Å². The third kappa shape index (κ3) is 5.89. The van der Waals surface area contributed by atoms with E-state index in [1.54, 1.807) is 4.90 Å². The average Bonchev–Trinajstić information content (AvgIpc) is 3.26. The molecule has 1 aliphatic rings. The van der Waals surface area contributed by atoms with Gasteiger partial charge >= 0.3 is 6.09 Å². The lowest BCUT2D eigenvalue weighted by Gasteiger charge is -2.25. The first-order valence-electron chi connectivity index (χ1n) is 10.4. The Balaban J connectivity index is 1.70. The molecule has 0 aromatic heterocycles. The molecule has 1 amide bonds. The van der Waals surface area contributed by atoms with Gasteiger partial charge in [0.25, 0.3) is 0 Å². The van der Waals surface area contributed by atoms with Crippen LogP contribution in [-0.4, -0.2) is 56.2 Å². The highest BCUT2D eigenvalue weighted by molar-refractivity contribution is 9.10. The maximum Gasteiger partial charge on any atom is 0.409 e. The molecule has 0 aliphatic carbocycles. The molecule has 1 heterocycles. The van der Waals surface area contributed by atoms with Gasteiger partial charge in [-0.2, -0.15) is 0 Å². The van der Waals surface area contributed by atoms with Crippen molar-refractivity contribution in [3.63, 3.8) is 0 Å². The van der Waals surface area contributed by atoms with Gasteiger partial charge in [-0.15, -0.1) is 0 Å². The van der Waals surface area contributed by atoms with Crippen LogP contribution in [0.1, 0.15) is 24.0 Å². The lowest BCUT2D eigenvalue weighted by Crippen LogP contribution is -2.37. The van der Waals surface area contributed by atoms with E-state index < -0.39 is 0 Å². The number of methoxy groups -OCH3 is 1. The van der Waals surface area contributed by atoms with E-state index in [0.29, 0.717) is 13.1 Å². The minimum atomic E-state index is -0.291. The number of nitrogens with two attached hydrogens (primary N) is 1. The number of hydrogen-bond acceptors (Lipinski definition) is 5. The van der Waals surface area contributed by atoms with E-state index in [9.17, 15) is 4.79 Å². The first-order valence-corrected chi connectivity index (χ1v) is 11.2. The zero-order valence-electron chi connectivity index (χ0n) is 17.8. The molecule has 1 fully saturated rings. The molecule has 0 unspecified atom stereocenters. The molecular weight excluding hydrogens is 444 g/mol. The van der Waals surface area contributed by atoms with Crippen molar-refractivity contribution in [2.75, 3.05) is 51.0 Å². The van der Waals surface area contributed by atoms with E-state index in [0.717, 1.165) is 53.2 Å². The van der Waals surface area contributed by atoms with Crippen LogP contribution in [-0.2, 0) is 17.8 Å². The van der Waals surface area contributed by atoms with Gasteiger partial charge in [0.1, 0.15) is 0 Å². The average molecular weight is 475 g/mol. The number of carbonyl (C=O) groups excluding carboxylic acids is 1. The first-order chi connectivity index (χ1) is 14.5. The fourth-order valence-electron chi connectivity index (χ4n) is 3.88. The Labute approximate surface area is 187 Å². The van der Waals surface area contributed by atoms with Crippen LogP contribution < -0.4 is 10.6 Å². The van der Waals surface area contributed by atoms with E-state index in [2.05, 4.69) is 37.9 Å². The monoisotopic (exact) mass is 474 g/mol. The molecule has 0 saturated carbocycles. The van der Waals surface area contributed by atoms with E-state index in [4.69, 9.17) is 10.5 Å². The summed E-state index contributed by atoms with van der Waals surface area (Å²) in [6.07, 6.45) is 2.19. The molecule has 2 aromatic rings. The predicted octanol–water partition coefficient (Wildman–Crippen LogP) is 4.33. The van der Waals surface area contributed by atoms with Crippen molar-refractivity contribution in [2.24, 2.45) is 0 Å². The Morgan fingerprint density at radius 2 is 1.90 bits per heavy atom. The first kappa shape index (κ1) is 22.4. The number of rotatable bonds is 8. The Morgan fingerprint density at radius 3 is 2.60 bits per heavy atom. The summed E-state index contributed by atoms with van der Waals surface area (Å²) in [5.74, 6) is 0. The number of amides is 1. The molecule has 0 bridgehead atoms. The lowest BCUT2D eigenvalue weighted by molar-refractivity contribution is 0.115. The molecule has 162 valence electrons. The molecule has 0 radical (unpaired) electrons. The highest BCUT2D eigenvalue weighted by atomic mass is 79.9. The van der Waals surface area contributed by atoms with Gasteiger partial charge in [0.15, 0.2) is 0 Å². The number of para-hydroxylation sites is 2. The van der Waals surface area contributed by atoms with Crippen LogP contribution in [0.2, 0.25) is 0 Å². The summed E-state index contributed by atoms with van der Waals surface area (Å²) in [5, 5.41) is 0. The Kier molecular flexibility index (Phi) is 7.99. The van der Waals surface area contributed by atoms with Gasteiger partial charge in [-0.1, -0.05) is 40.2 Å². The number of nitrogens with zero attached hydrogens (tertiary/aromatic N) is 3. The van der Waals surface area contributed by atoms with Crippen LogP contribution in [0.15, 0.2) is 46.9 Å². The third-order valence-electron chi connectivity index (χ3n) is 5.56. The largest absolute Gasteiger partial charge is 0.453 e. The number of hydrogen-bond donors (Lipinski definition) is 1. The smallest absolute Gasteiger partial charge is 0.409 e. The van der Waals surface area contributed by atoms with Crippen LogP contribution in [0.3, 0.4) is 0 Å². The van der Waals surface area contributed by atoms with Crippen molar-refractivity contribution in [3.8, 4) is 0 Å². The molecule has 7 heteroatoms. The van der Waals surface area contributed by atoms with Crippen molar-refractivity contribution in [3.05, 3.63) is 58.1 Å². The standard InChI is InChI=1S/C23H31BrN4O2/c1-26(22-8-4-3-7-21(22)25)16-18-9-10-20(24)19(15-18)17-28(23(29)30-2)14-13-27-11-5-6-12-27/h3-4,7-10,15H,5-6,11-14,16-17,25H2,1-2H3. The van der Waals surface area contributed by atoms with Crippen LogP contribution in [0.25, 0.3) is 0 Å². The number of nitrogen functional groups attached to an aromatic ring is 1. The quantitative estimate of drug-likeness (QED) is 0.576. The summed E-state index contributed by atoms with van der Waals surface area (Å²) in [5.41, 5.74) is 10.1. The number of likely N-dealkylation sites (tertiary alicyclic amines) is 1. The minimum absolute atomic E-state index is 0.291. The fraction of sp³-hybridized carbons (Fsp3) is 0.435. The number of ether oxygens (including phenoxy) is 1. The maximum atomic E-state index is 12.4. The van der Waals surface area contributed by atoms with Crippen LogP contribution in [0.4, 0.5) is 16.2 Å². The van der Waals surface area contributed by atoms with Gasteiger partial charge in [-0.25, -0.2) is 4.79 Å². The summed E-state index contributed by atoms with van der Waals surface area (Å²) in [6, 6.07) is 14.1. The topological polar surface area (TPSA) is 62.0 Å². The van der Waals surface area contributed by atoms with E-state index in [-0.39, 0.29) is 6.09 Å². The molecule has 0 spiro atoms. The molecule has 1 aliphatic heterocycles. The molecule has 30 heavy (non-hydrogen) atoms. The van der Waals surface area contributed by atoms with Crippen LogP contribution in [0, 0.1) is 0 Å². The zero-order valence-corrected chi connectivity index (χ0v) is 19.4. The maximum absolute atomic E-state index is 12.4. The third-order valence-corrected chi connectivity index (χ3v) is 6.33. The fourth-order valence-corrected chi connectivity index (χ4v) is 4.25. The molecule has 3 rings (SSSR count). The summed E-state index contributed by atoms with van der Waals surface area (Å²) in [4.78, 5) is 18.7. The Hall–Kier alpha value is -2.25. The van der Waals surface area contributed by atoms with Gasteiger partial charge in [0.2, 0.25) is 0 Å². The lowest BCUT2D eigenvalue weighted by atomic mass is 10.1. The van der Waals surface area contributed by atoms with E-state index in [1.165, 1.54) is 20.0 Å². The minimum Gasteiger partial charge on any atom is -0.453 e. The molecule has 2 N–H and O–H groups in total. The number of anilines is 2. The normalized spacial score (nSPS) is 14.0. The van der Waals surface area contributed by atoms with Crippen molar-refractivity contribution in [2.45, 2.75) is 25.9 Å². The molecular formula is C23H31BrN4O2. The number of benzene rings is 2. The molecule has 6 nitrogen and oxygen atoms in total. The highest BCUT2D eigenvalue weighted by Gasteiger charge is 2.19. The highest BCUT2D eigenvalue weighted by Crippen LogP contribution is 2.25. The molecule has 2 aromatic carbocycles. The van der Waals surface area contributed by atoms with Gasteiger partial charge in [-0.3, -0.25) is 0 Å². The Bertz CT molecular complexity index is 855. The van der Waals surface area contributed by atoms with Gasteiger partial charge in [0.05, 0.1) is 25.0 Å². The van der Waals surface area contributed by atoms with E-state index in [1.807, 2.05) is 37.4 Å². The van der Waals surface area contributed by atoms with Crippen molar-refractivity contribution < 1.29 is 9.53 Å². The van der Waals surface area contributed by atoms with Gasteiger partial charge in [0, 0.05) is 31.2 Å². The van der Waals surface area contributed by atoms with Gasteiger partial charge < -0.3 is 25.2 Å². The summed E-state index contributed by atoms with van der Waals surface area (Å²) < 4.78 is 6.03. The Morgan fingerprint density at radius 1 is 1.17 bits per heavy atom. The van der Waals surface area contributed by atoms with Crippen molar-refractivity contribution in [1.29, 1.82) is 0 Å². The van der Waals surface area contributed by atoms with E-state index >= 15 is 0 Å². The summed E-state index contributed by atoms with van der Waals surface area (Å²) >= 11 is 3.65. The second-order valence-corrected chi connectivity index (χ2v) is 8.64.